The summed E-state index contributed by atoms with van der Waals surface area (Å²) in [6.45, 7) is 7.41. The van der Waals surface area contributed by atoms with Crippen molar-refractivity contribution < 1.29 is 9.53 Å². The van der Waals surface area contributed by atoms with Crippen molar-refractivity contribution in [3.8, 4) is 5.75 Å². The number of hydrogen-bond acceptors (Lipinski definition) is 3. The fourth-order valence-corrected chi connectivity index (χ4v) is 1.94. The normalized spacial score (nSPS) is 11.5. The highest BCUT2D eigenvalue weighted by atomic mass is 35.5. The lowest BCUT2D eigenvalue weighted by molar-refractivity contribution is 0.0885. The minimum Gasteiger partial charge on any atom is -0.496 e. The maximum absolute atomic E-state index is 12.6. The van der Waals surface area contributed by atoms with Crippen LogP contribution in [0.2, 0.25) is 5.02 Å². The Morgan fingerprint density at radius 1 is 1.39 bits per heavy atom. The van der Waals surface area contributed by atoms with Gasteiger partial charge in [-0.25, -0.2) is 0 Å². The van der Waals surface area contributed by atoms with E-state index in [1.807, 2.05) is 27.7 Å². The highest BCUT2D eigenvalue weighted by Crippen LogP contribution is 2.33. The third kappa shape index (κ3) is 2.52. The molecule has 0 radical (unpaired) electrons. The lowest BCUT2D eigenvalue weighted by Crippen LogP contribution is -2.44. The zero-order valence-corrected chi connectivity index (χ0v) is 12.5. The van der Waals surface area contributed by atoms with Crippen molar-refractivity contribution in [3.63, 3.8) is 0 Å². The van der Waals surface area contributed by atoms with E-state index < -0.39 is 5.54 Å². The number of ketones is 1. The molecule has 100 valence electrons. The van der Waals surface area contributed by atoms with E-state index in [4.69, 9.17) is 16.3 Å². The zero-order chi connectivity index (χ0) is 14.1. The summed E-state index contributed by atoms with van der Waals surface area (Å²) in [4.78, 5) is 12.6. The number of carbonyl (C=O) groups excluding carboxylic acids is 1. The van der Waals surface area contributed by atoms with Gasteiger partial charge in [0.05, 0.1) is 18.2 Å². The second-order valence-corrected chi connectivity index (χ2v) is 5.29. The van der Waals surface area contributed by atoms with Gasteiger partial charge in [0, 0.05) is 5.02 Å². The number of Topliss-reactive ketones (excluding diaryl/α,β-unsaturated/α-hetero) is 1. The van der Waals surface area contributed by atoms with Crippen molar-refractivity contribution in [3.05, 3.63) is 27.8 Å². The Morgan fingerprint density at radius 2 is 1.94 bits per heavy atom. The quantitative estimate of drug-likeness (QED) is 0.854. The fraction of sp³-hybridized carbons (Fsp3) is 0.500. The predicted molar refractivity (Wildman–Crippen MR) is 74.9 cm³/mol. The number of benzene rings is 1. The highest BCUT2D eigenvalue weighted by Gasteiger charge is 2.31. The summed E-state index contributed by atoms with van der Waals surface area (Å²) in [6, 6.07) is 1.80. The monoisotopic (exact) mass is 269 g/mol. The molecule has 0 atom stereocenters. The summed E-state index contributed by atoms with van der Waals surface area (Å²) in [7, 11) is 3.32. The maximum Gasteiger partial charge on any atom is 0.186 e. The van der Waals surface area contributed by atoms with Crippen molar-refractivity contribution >= 4 is 17.4 Å². The van der Waals surface area contributed by atoms with Crippen LogP contribution in [0, 0.1) is 13.8 Å². The van der Waals surface area contributed by atoms with E-state index in [1.165, 1.54) is 0 Å². The Balaban J connectivity index is 3.49. The number of ether oxygens (including phenoxy) is 1. The van der Waals surface area contributed by atoms with Gasteiger partial charge in [0.15, 0.2) is 5.78 Å². The largest absolute Gasteiger partial charge is 0.496 e. The lowest BCUT2D eigenvalue weighted by atomic mass is 9.89. The molecule has 0 bridgehead atoms. The molecule has 0 fully saturated rings. The molecule has 0 spiro atoms. The number of aryl methyl sites for hydroxylation is 1. The van der Waals surface area contributed by atoms with Gasteiger partial charge in [0.25, 0.3) is 0 Å². The molecule has 0 saturated heterocycles. The molecule has 0 aliphatic carbocycles. The van der Waals surface area contributed by atoms with Gasteiger partial charge in [-0.05, 0) is 51.9 Å². The van der Waals surface area contributed by atoms with E-state index in [0.717, 1.165) is 11.1 Å². The minimum absolute atomic E-state index is 0.0266. The standard InChI is InChI=1S/C14H20ClNO2/c1-8-7-10(18-6)11(9(2)12(8)15)13(17)14(3,4)16-5/h7,16H,1-6H3. The average Bonchev–Trinajstić information content (AvgIpc) is 2.34. The highest BCUT2D eigenvalue weighted by molar-refractivity contribution is 6.33. The number of hydrogen-bond donors (Lipinski definition) is 1. The molecular weight excluding hydrogens is 250 g/mol. The number of methoxy groups -OCH3 is 1. The van der Waals surface area contributed by atoms with E-state index in [0.29, 0.717) is 16.3 Å². The topological polar surface area (TPSA) is 38.3 Å². The zero-order valence-electron chi connectivity index (χ0n) is 11.8. The van der Waals surface area contributed by atoms with E-state index in [2.05, 4.69) is 5.32 Å². The molecule has 18 heavy (non-hydrogen) atoms. The van der Waals surface area contributed by atoms with E-state index in [1.54, 1.807) is 20.2 Å². The van der Waals surface area contributed by atoms with Crippen molar-refractivity contribution in [1.29, 1.82) is 0 Å². The molecule has 1 aromatic rings. The SMILES string of the molecule is CNC(C)(C)C(=O)c1c(OC)cc(C)c(Cl)c1C. The second-order valence-electron chi connectivity index (χ2n) is 4.91. The van der Waals surface area contributed by atoms with Crippen molar-refractivity contribution in [1.82, 2.24) is 5.32 Å². The van der Waals surface area contributed by atoms with Crippen LogP contribution < -0.4 is 10.1 Å². The first-order valence-electron chi connectivity index (χ1n) is 5.83. The Labute approximate surface area is 113 Å². The number of likely N-dealkylation sites (N-methyl/N-ethyl adjacent to an activating group) is 1. The van der Waals surface area contributed by atoms with Gasteiger partial charge >= 0.3 is 0 Å². The van der Waals surface area contributed by atoms with Gasteiger partial charge in [0.2, 0.25) is 0 Å². The van der Waals surface area contributed by atoms with Gasteiger partial charge in [-0.1, -0.05) is 11.6 Å². The molecule has 0 amide bonds. The van der Waals surface area contributed by atoms with Crippen LogP contribution in [0.3, 0.4) is 0 Å². The third-order valence-electron chi connectivity index (χ3n) is 3.28. The molecule has 0 heterocycles. The van der Waals surface area contributed by atoms with E-state index in [9.17, 15) is 4.79 Å². The van der Waals surface area contributed by atoms with Crippen LogP contribution in [0.15, 0.2) is 6.07 Å². The molecule has 0 unspecified atom stereocenters. The first-order valence-corrected chi connectivity index (χ1v) is 6.21. The van der Waals surface area contributed by atoms with Crippen molar-refractivity contribution in [2.24, 2.45) is 0 Å². The van der Waals surface area contributed by atoms with E-state index >= 15 is 0 Å². The average molecular weight is 270 g/mol. The summed E-state index contributed by atoms with van der Waals surface area (Å²) in [5.41, 5.74) is 1.57. The number of rotatable bonds is 4. The van der Waals surface area contributed by atoms with Gasteiger partial charge < -0.3 is 10.1 Å². The van der Waals surface area contributed by atoms with Crippen molar-refractivity contribution in [2.45, 2.75) is 33.2 Å². The summed E-state index contributed by atoms with van der Waals surface area (Å²) in [6.07, 6.45) is 0. The minimum atomic E-state index is -0.656. The molecule has 0 aromatic heterocycles. The van der Waals surface area contributed by atoms with Crippen LogP contribution in [-0.4, -0.2) is 25.5 Å². The van der Waals surface area contributed by atoms with Gasteiger partial charge in [-0.3, -0.25) is 4.79 Å². The number of halogens is 1. The molecule has 1 aromatic carbocycles. The first kappa shape index (κ1) is 15.0. The first-order chi connectivity index (χ1) is 8.26. The Kier molecular flexibility index (Phi) is 4.41. The van der Waals surface area contributed by atoms with Gasteiger partial charge in [-0.2, -0.15) is 0 Å². The summed E-state index contributed by atoms with van der Waals surface area (Å²) < 4.78 is 5.32. The molecule has 0 aliphatic heterocycles. The van der Waals surface area contributed by atoms with Crippen LogP contribution in [0.25, 0.3) is 0 Å². The smallest absolute Gasteiger partial charge is 0.186 e. The van der Waals surface area contributed by atoms with Crippen LogP contribution in [-0.2, 0) is 0 Å². The molecule has 0 saturated carbocycles. The number of carbonyl (C=O) groups is 1. The second kappa shape index (κ2) is 5.29. The summed E-state index contributed by atoms with van der Waals surface area (Å²) in [5.74, 6) is 0.545. The third-order valence-corrected chi connectivity index (χ3v) is 3.87. The van der Waals surface area contributed by atoms with Crippen LogP contribution >= 0.6 is 11.6 Å². The molecule has 4 heteroatoms. The van der Waals surface area contributed by atoms with Gasteiger partial charge in [-0.15, -0.1) is 0 Å². The van der Waals surface area contributed by atoms with Crippen LogP contribution in [0.5, 0.6) is 5.75 Å². The maximum atomic E-state index is 12.6. The Bertz CT molecular complexity index is 481. The molecule has 3 nitrogen and oxygen atoms in total. The predicted octanol–water partition coefficient (Wildman–Crippen LogP) is 3.15. The molecule has 0 aliphatic rings. The Hall–Kier alpha value is -1.06. The molecule has 1 rings (SSSR count). The summed E-state index contributed by atoms with van der Waals surface area (Å²) >= 11 is 6.22. The van der Waals surface area contributed by atoms with E-state index in [-0.39, 0.29) is 5.78 Å². The molecular formula is C14H20ClNO2. The molecule has 1 N–H and O–H groups in total. The fourth-order valence-electron chi connectivity index (χ4n) is 1.79. The lowest BCUT2D eigenvalue weighted by Gasteiger charge is -2.25. The number of nitrogens with one attached hydrogen (secondary N) is 1. The van der Waals surface area contributed by atoms with Crippen LogP contribution in [0.1, 0.15) is 35.3 Å². The Morgan fingerprint density at radius 3 is 2.39 bits per heavy atom. The van der Waals surface area contributed by atoms with Crippen LogP contribution in [0.4, 0.5) is 0 Å². The van der Waals surface area contributed by atoms with Crippen molar-refractivity contribution in [2.75, 3.05) is 14.2 Å². The van der Waals surface area contributed by atoms with Gasteiger partial charge in [0.1, 0.15) is 5.75 Å². The summed E-state index contributed by atoms with van der Waals surface area (Å²) in [5, 5.41) is 3.62.